The number of rotatable bonds is 5. The number of aryl methyl sites for hydroxylation is 1. The topological polar surface area (TPSA) is 84.6 Å². The normalized spacial score (nSPS) is 25.2. The van der Waals surface area contributed by atoms with Gasteiger partial charge < -0.3 is 20.9 Å². The second kappa shape index (κ2) is 7.07. The molecule has 0 radical (unpaired) electrons. The number of anilines is 1. The van der Waals surface area contributed by atoms with Crippen molar-refractivity contribution in [2.45, 2.75) is 52.2 Å². The predicted molar refractivity (Wildman–Crippen MR) is 94.1 cm³/mol. The van der Waals surface area contributed by atoms with Gasteiger partial charge in [-0.3, -0.25) is 4.79 Å². The highest BCUT2D eigenvalue weighted by Crippen LogP contribution is 2.50. The summed E-state index contributed by atoms with van der Waals surface area (Å²) in [5, 5.41) is 12.7. The fourth-order valence-electron chi connectivity index (χ4n) is 2.96. The van der Waals surface area contributed by atoms with Crippen molar-refractivity contribution in [1.82, 2.24) is 0 Å². The quantitative estimate of drug-likeness (QED) is 0.718. The van der Waals surface area contributed by atoms with Gasteiger partial charge in [0.25, 0.3) is 0 Å². The van der Waals surface area contributed by atoms with Crippen molar-refractivity contribution < 1.29 is 14.6 Å². The first kappa shape index (κ1) is 19.7. The molecular formula is C17H27ClN2O3. The van der Waals surface area contributed by atoms with E-state index in [1.165, 1.54) is 0 Å². The molecule has 1 aromatic rings. The van der Waals surface area contributed by atoms with E-state index in [9.17, 15) is 9.90 Å². The van der Waals surface area contributed by atoms with E-state index < -0.39 is 11.0 Å². The van der Waals surface area contributed by atoms with Gasteiger partial charge in [-0.25, -0.2) is 0 Å². The molecule has 1 aromatic carbocycles. The van der Waals surface area contributed by atoms with Crippen LogP contribution in [-0.4, -0.2) is 29.3 Å². The molecule has 1 aliphatic carbocycles. The Morgan fingerprint density at radius 2 is 2.09 bits per heavy atom. The number of ether oxygens (including phenoxy) is 1. The van der Waals surface area contributed by atoms with Crippen molar-refractivity contribution >= 4 is 24.0 Å². The van der Waals surface area contributed by atoms with Crippen LogP contribution in [0.5, 0.6) is 5.75 Å². The zero-order valence-corrected chi connectivity index (χ0v) is 15.0. The summed E-state index contributed by atoms with van der Waals surface area (Å²) in [4.78, 5) is 12.6. The van der Waals surface area contributed by atoms with E-state index in [1.54, 1.807) is 12.1 Å². The van der Waals surface area contributed by atoms with Crippen LogP contribution in [-0.2, 0) is 16.0 Å². The molecule has 1 saturated carbocycles. The Bertz CT molecular complexity index is 577. The first-order chi connectivity index (χ1) is 10.3. The third-order valence-corrected chi connectivity index (χ3v) is 4.95. The summed E-state index contributed by atoms with van der Waals surface area (Å²) < 4.78 is 5.64. The van der Waals surface area contributed by atoms with Gasteiger partial charge in [-0.15, -0.1) is 12.4 Å². The number of amides is 1. The molecule has 0 bridgehead atoms. The third-order valence-electron chi connectivity index (χ3n) is 4.95. The summed E-state index contributed by atoms with van der Waals surface area (Å²) in [6.07, 6.45) is 1.28. The van der Waals surface area contributed by atoms with Crippen molar-refractivity contribution in [1.29, 1.82) is 0 Å². The van der Waals surface area contributed by atoms with Gasteiger partial charge in [-0.05, 0) is 31.0 Å². The van der Waals surface area contributed by atoms with Gasteiger partial charge in [-0.2, -0.15) is 0 Å². The fraction of sp³-hybridized carbons (Fsp3) is 0.588. The van der Waals surface area contributed by atoms with Crippen LogP contribution in [0.15, 0.2) is 18.2 Å². The molecule has 0 aromatic heterocycles. The lowest BCUT2D eigenvalue weighted by molar-refractivity contribution is -0.166. The van der Waals surface area contributed by atoms with E-state index in [1.807, 2.05) is 33.8 Å². The van der Waals surface area contributed by atoms with Crippen LogP contribution in [0.3, 0.4) is 0 Å². The summed E-state index contributed by atoms with van der Waals surface area (Å²) in [7, 11) is 0. The predicted octanol–water partition coefficient (Wildman–Crippen LogP) is 2.85. The lowest BCUT2D eigenvalue weighted by Gasteiger charge is -2.57. The Kier molecular flexibility index (Phi) is 6.07. The van der Waals surface area contributed by atoms with Crippen LogP contribution in [0.4, 0.5) is 5.69 Å². The van der Waals surface area contributed by atoms with Gasteiger partial charge in [0.2, 0.25) is 5.91 Å². The van der Waals surface area contributed by atoms with E-state index in [0.717, 1.165) is 12.0 Å². The average Bonchev–Trinajstić information content (AvgIpc) is 2.48. The Hall–Kier alpha value is -1.30. The van der Waals surface area contributed by atoms with Crippen molar-refractivity contribution in [3.8, 4) is 5.75 Å². The SMILES string of the molecule is CCOC1CC(N)(C(=O)Nc2cc(CC)ccc2O)C1(C)C.Cl. The minimum Gasteiger partial charge on any atom is -0.506 e. The van der Waals surface area contributed by atoms with Gasteiger partial charge in [0, 0.05) is 18.4 Å². The molecule has 2 rings (SSSR count). The molecule has 4 N–H and O–H groups in total. The van der Waals surface area contributed by atoms with Crippen molar-refractivity contribution in [3.05, 3.63) is 23.8 Å². The fourth-order valence-corrected chi connectivity index (χ4v) is 2.96. The number of aromatic hydroxyl groups is 1. The summed E-state index contributed by atoms with van der Waals surface area (Å²) in [5.74, 6) is -0.232. The standard InChI is InChI=1S/C17H26N2O3.ClH/c1-5-11-7-8-13(20)12(9-11)19-15(21)17(18)10-14(22-6-2)16(17,3)4;/h7-9,14,20H,5-6,10,18H2,1-4H3,(H,19,21);1H. The first-order valence-electron chi connectivity index (χ1n) is 7.80. The molecule has 0 aliphatic heterocycles. The Balaban J connectivity index is 0.00000264. The zero-order chi connectivity index (χ0) is 16.5. The monoisotopic (exact) mass is 342 g/mol. The van der Waals surface area contributed by atoms with Crippen molar-refractivity contribution in [3.63, 3.8) is 0 Å². The molecular weight excluding hydrogens is 316 g/mol. The number of halogens is 1. The molecule has 1 fully saturated rings. The molecule has 6 heteroatoms. The van der Waals surface area contributed by atoms with Crippen LogP contribution in [0.1, 0.15) is 39.7 Å². The van der Waals surface area contributed by atoms with Crippen LogP contribution >= 0.6 is 12.4 Å². The van der Waals surface area contributed by atoms with Gasteiger partial charge in [-0.1, -0.05) is 26.8 Å². The van der Waals surface area contributed by atoms with Gasteiger partial charge in [0.15, 0.2) is 0 Å². The van der Waals surface area contributed by atoms with Crippen molar-refractivity contribution in [2.75, 3.05) is 11.9 Å². The number of hydrogen-bond donors (Lipinski definition) is 3. The Morgan fingerprint density at radius 3 is 2.61 bits per heavy atom. The number of benzene rings is 1. The number of phenols is 1. The highest BCUT2D eigenvalue weighted by Gasteiger charge is 2.62. The van der Waals surface area contributed by atoms with Crippen molar-refractivity contribution in [2.24, 2.45) is 11.1 Å². The van der Waals surface area contributed by atoms with E-state index in [4.69, 9.17) is 10.5 Å². The second-order valence-corrected chi connectivity index (χ2v) is 6.50. The van der Waals surface area contributed by atoms with Crippen LogP contribution in [0.25, 0.3) is 0 Å². The number of carbonyl (C=O) groups excluding carboxylic acids is 1. The molecule has 2 unspecified atom stereocenters. The first-order valence-corrected chi connectivity index (χ1v) is 7.80. The van der Waals surface area contributed by atoms with Gasteiger partial charge in [0.05, 0.1) is 11.8 Å². The molecule has 130 valence electrons. The Labute approximate surface area is 144 Å². The minimum atomic E-state index is -0.999. The maximum absolute atomic E-state index is 12.6. The summed E-state index contributed by atoms with van der Waals surface area (Å²) in [6, 6.07) is 5.20. The number of nitrogens with one attached hydrogen (secondary N) is 1. The highest BCUT2D eigenvalue weighted by atomic mass is 35.5. The Morgan fingerprint density at radius 1 is 1.43 bits per heavy atom. The lowest BCUT2D eigenvalue weighted by atomic mass is 9.54. The van der Waals surface area contributed by atoms with Crippen LogP contribution in [0.2, 0.25) is 0 Å². The maximum Gasteiger partial charge on any atom is 0.245 e. The highest BCUT2D eigenvalue weighted by molar-refractivity contribution is 6.00. The van der Waals surface area contributed by atoms with Crippen LogP contribution in [0, 0.1) is 5.41 Å². The molecule has 0 saturated heterocycles. The molecule has 23 heavy (non-hydrogen) atoms. The molecule has 0 spiro atoms. The van der Waals surface area contributed by atoms with Gasteiger partial charge >= 0.3 is 0 Å². The zero-order valence-electron chi connectivity index (χ0n) is 14.2. The van der Waals surface area contributed by atoms with E-state index in [-0.39, 0.29) is 30.2 Å². The number of nitrogens with two attached hydrogens (primary N) is 1. The molecule has 5 nitrogen and oxygen atoms in total. The smallest absolute Gasteiger partial charge is 0.245 e. The van der Waals surface area contributed by atoms with Gasteiger partial charge in [0.1, 0.15) is 11.3 Å². The van der Waals surface area contributed by atoms with E-state index >= 15 is 0 Å². The summed E-state index contributed by atoms with van der Waals surface area (Å²) in [6.45, 7) is 8.44. The maximum atomic E-state index is 12.6. The summed E-state index contributed by atoms with van der Waals surface area (Å²) >= 11 is 0. The molecule has 2 atom stereocenters. The number of phenolic OH excluding ortho intramolecular Hbond substituents is 1. The molecule has 1 amide bonds. The minimum absolute atomic E-state index is 0. The number of carbonyl (C=O) groups is 1. The second-order valence-electron chi connectivity index (χ2n) is 6.50. The molecule has 0 heterocycles. The van der Waals surface area contributed by atoms with E-state index in [0.29, 0.717) is 18.7 Å². The lowest BCUT2D eigenvalue weighted by Crippen LogP contribution is -2.74. The van der Waals surface area contributed by atoms with E-state index in [2.05, 4.69) is 5.32 Å². The largest absolute Gasteiger partial charge is 0.506 e. The number of hydrogen-bond acceptors (Lipinski definition) is 4. The summed E-state index contributed by atoms with van der Waals surface area (Å²) in [5.41, 5.74) is 6.34. The van der Waals surface area contributed by atoms with Crippen LogP contribution < -0.4 is 11.1 Å². The third kappa shape index (κ3) is 3.32. The molecule has 1 aliphatic rings. The average molecular weight is 343 g/mol.